The quantitative estimate of drug-likeness (QED) is 0.436. The molecule has 0 N–H and O–H groups in total. The van der Waals surface area contributed by atoms with E-state index in [4.69, 9.17) is 16.6 Å². The third-order valence-electron chi connectivity index (χ3n) is 5.04. The largest absolute Gasteiger partial charge is 0.281 e. The van der Waals surface area contributed by atoms with Crippen molar-refractivity contribution < 1.29 is 4.79 Å². The molecular weight excluding hydrogens is 420 g/mol. The Kier molecular flexibility index (Phi) is 5.62. The number of thiazole rings is 1. The zero-order chi connectivity index (χ0) is 21.4. The Balaban J connectivity index is 1.71. The third-order valence-corrected chi connectivity index (χ3v) is 6.49. The highest BCUT2D eigenvalue weighted by Gasteiger charge is 2.24. The minimum atomic E-state index is -0.175. The van der Waals surface area contributed by atoms with Gasteiger partial charge in [-0.2, -0.15) is 10.2 Å². The summed E-state index contributed by atoms with van der Waals surface area (Å²) in [5.74, 6) is -0.175. The van der Waals surface area contributed by atoms with Crippen LogP contribution in [0.4, 0.5) is 5.13 Å². The number of amides is 1. The van der Waals surface area contributed by atoms with Crippen LogP contribution in [0.3, 0.4) is 0 Å². The first-order chi connectivity index (χ1) is 14.4. The van der Waals surface area contributed by atoms with Gasteiger partial charge < -0.3 is 0 Å². The van der Waals surface area contributed by atoms with Crippen molar-refractivity contribution in [3.63, 3.8) is 0 Å². The Labute approximate surface area is 183 Å². The first kappa shape index (κ1) is 20.6. The average Bonchev–Trinajstić information content (AvgIpc) is 3.43. The third kappa shape index (κ3) is 3.85. The maximum absolute atomic E-state index is 13.4. The van der Waals surface area contributed by atoms with Gasteiger partial charge in [0.15, 0.2) is 10.8 Å². The molecule has 4 rings (SSSR count). The van der Waals surface area contributed by atoms with Crippen molar-refractivity contribution >= 4 is 44.2 Å². The SMILES string of the molecule is CCn1ccc(C(=O)N(CCn2nc(C)cc2C)c2nc3c(C)c(Cl)ccc3s2)n1. The van der Waals surface area contributed by atoms with Gasteiger partial charge in [-0.15, -0.1) is 0 Å². The summed E-state index contributed by atoms with van der Waals surface area (Å²) in [7, 11) is 0. The van der Waals surface area contributed by atoms with Gasteiger partial charge in [0.05, 0.1) is 22.5 Å². The van der Waals surface area contributed by atoms with E-state index in [0.717, 1.165) is 27.2 Å². The maximum Gasteiger partial charge on any atom is 0.280 e. The van der Waals surface area contributed by atoms with Gasteiger partial charge in [-0.1, -0.05) is 22.9 Å². The maximum atomic E-state index is 13.4. The lowest BCUT2D eigenvalue weighted by Crippen LogP contribution is -2.34. The van der Waals surface area contributed by atoms with Crippen LogP contribution in [0.5, 0.6) is 0 Å². The molecule has 3 heterocycles. The van der Waals surface area contributed by atoms with Crippen LogP contribution in [-0.4, -0.2) is 37.0 Å². The fourth-order valence-corrected chi connectivity index (χ4v) is 4.58. The predicted octanol–water partition coefficient (Wildman–Crippen LogP) is 4.63. The van der Waals surface area contributed by atoms with Crippen LogP contribution < -0.4 is 4.90 Å². The van der Waals surface area contributed by atoms with E-state index in [1.54, 1.807) is 15.6 Å². The van der Waals surface area contributed by atoms with Crippen molar-refractivity contribution in [1.82, 2.24) is 24.5 Å². The fourth-order valence-electron chi connectivity index (χ4n) is 3.37. The van der Waals surface area contributed by atoms with Gasteiger partial charge in [0.2, 0.25) is 0 Å². The Morgan fingerprint density at radius 3 is 2.67 bits per heavy atom. The van der Waals surface area contributed by atoms with Crippen molar-refractivity contribution in [2.45, 2.75) is 40.8 Å². The molecule has 1 aromatic carbocycles. The number of aromatic nitrogens is 5. The second-order valence-electron chi connectivity index (χ2n) is 7.18. The summed E-state index contributed by atoms with van der Waals surface area (Å²) >= 11 is 7.75. The lowest BCUT2D eigenvalue weighted by molar-refractivity contribution is 0.0980. The molecule has 0 atom stereocenters. The molecule has 0 aliphatic carbocycles. The first-order valence-corrected chi connectivity index (χ1v) is 11.0. The lowest BCUT2D eigenvalue weighted by atomic mass is 10.2. The molecule has 0 unspecified atom stereocenters. The Morgan fingerprint density at radius 2 is 2.00 bits per heavy atom. The van der Waals surface area contributed by atoms with Crippen molar-refractivity contribution in [2.24, 2.45) is 0 Å². The van der Waals surface area contributed by atoms with Crippen LogP contribution in [0.1, 0.15) is 34.4 Å². The average molecular weight is 443 g/mol. The van der Waals surface area contributed by atoms with Crippen molar-refractivity contribution in [1.29, 1.82) is 0 Å². The molecule has 0 aliphatic heterocycles. The highest BCUT2D eigenvalue weighted by atomic mass is 35.5. The van der Waals surface area contributed by atoms with E-state index in [0.29, 0.717) is 35.5 Å². The number of hydrogen-bond donors (Lipinski definition) is 0. The van der Waals surface area contributed by atoms with Crippen LogP contribution in [0.15, 0.2) is 30.5 Å². The number of carbonyl (C=O) groups is 1. The normalized spacial score (nSPS) is 11.4. The van der Waals surface area contributed by atoms with E-state index in [1.807, 2.05) is 56.8 Å². The zero-order valence-corrected chi connectivity index (χ0v) is 19.0. The Bertz CT molecular complexity index is 1220. The number of rotatable bonds is 6. The number of aryl methyl sites for hydroxylation is 4. The fraction of sp³-hybridized carbons (Fsp3) is 0.333. The minimum Gasteiger partial charge on any atom is -0.281 e. The monoisotopic (exact) mass is 442 g/mol. The van der Waals surface area contributed by atoms with Crippen LogP contribution in [0.25, 0.3) is 10.2 Å². The number of carbonyl (C=O) groups excluding carboxylic acids is 1. The molecule has 0 radical (unpaired) electrons. The predicted molar refractivity (Wildman–Crippen MR) is 121 cm³/mol. The van der Waals surface area contributed by atoms with Crippen molar-refractivity contribution in [3.8, 4) is 0 Å². The molecule has 30 heavy (non-hydrogen) atoms. The molecule has 0 aliphatic rings. The molecule has 0 saturated heterocycles. The molecule has 9 heteroatoms. The summed E-state index contributed by atoms with van der Waals surface area (Å²) < 4.78 is 4.65. The van der Waals surface area contributed by atoms with Gasteiger partial charge in [0.1, 0.15) is 0 Å². The van der Waals surface area contributed by atoms with E-state index in [-0.39, 0.29) is 5.91 Å². The molecule has 1 amide bonds. The van der Waals surface area contributed by atoms with Gasteiger partial charge in [-0.05, 0) is 57.5 Å². The van der Waals surface area contributed by atoms with Gasteiger partial charge in [-0.25, -0.2) is 4.98 Å². The Hall–Kier alpha value is -2.71. The number of halogens is 1. The number of anilines is 1. The second-order valence-corrected chi connectivity index (χ2v) is 8.60. The van der Waals surface area contributed by atoms with E-state index in [1.165, 1.54) is 11.3 Å². The van der Waals surface area contributed by atoms with E-state index in [9.17, 15) is 4.79 Å². The molecule has 7 nitrogen and oxygen atoms in total. The lowest BCUT2D eigenvalue weighted by Gasteiger charge is -2.19. The molecule has 0 bridgehead atoms. The van der Waals surface area contributed by atoms with Crippen LogP contribution in [0.2, 0.25) is 5.02 Å². The molecule has 0 spiro atoms. The zero-order valence-electron chi connectivity index (χ0n) is 17.4. The summed E-state index contributed by atoms with van der Waals surface area (Å²) in [6.07, 6.45) is 1.81. The van der Waals surface area contributed by atoms with Crippen molar-refractivity contribution in [3.05, 3.63) is 58.1 Å². The van der Waals surface area contributed by atoms with E-state index < -0.39 is 0 Å². The molecule has 0 fully saturated rings. The van der Waals surface area contributed by atoms with Gasteiger partial charge in [0, 0.05) is 30.0 Å². The number of benzene rings is 1. The first-order valence-electron chi connectivity index (χ1n) is 9.79. The standard InChI is InChI=1S/C21H23ClN6OS/c1-5-26-9-8-17(25-26)20(29)27(10-11-28-14(3)12-13(2)24-28)21-23-19-15(4)16(22)6-7-18(19)30-21/h6-9,12H,5,10-11H2,1-4H3. The number of hydrogen-bond acceptors (Lipinski definition) is 5. The summed E-state index contributed by atoms with van der Waals surface area (Å²) in [5, 5.41) is 10.2. The molecule has 0 saturated carbocycles. The van der Waals surface area contributed by atoms with E-state index >= 15 is 0 Å². The molecular formula is C21H23ClN6OS. The minimum absolute atomic E-state index is 0.175. The van der Waals surface area contributed by atoms with Crippen molar-refractivity contribution in [2.75, 3.05) is 11.4 Å². The molecule has 3 aromatic heterocycles. The molecule has 156 valence electrons. The Morgan fingerprint density at radius 1 is 1.20 bits per heavy atom. The van der Waals surface area contributed by atoms with Gasteiger partial charge in [-0.3, -0.25) is 19.1 Å². The number of fused-ring (bicyclic) bond motifs is 1. The van der Waals surface area contributed by atoms with Gasteiger partial charge >= 0.3 is 0 Å². The van der Waals surface area contributed by atoms with Crippen LogP contribution >= 0.6 is 22.9 Å². The van der Waals surface area contributed by atoms with Crippen LogP contribution in [-0.2, 0) is 13.1 Å². The van der Waals surface area contributed by atoms with Gasteiger partial charge in [0.25, 0.3) is 5.91 Å². The summed E-state index contributed by atoms with van der Waals surface area (Å²) in [6, 6.07) is 7.59. The summed E-state index contributed by atoms with van der Waals surface area (Å²) in [5.41, 5.74) is 4.15. The highest BCUT2D eigenvalue weighted by Crippen LogP contribution is 2.34. The van der Waals surface area contributed by atoms with E-state index in [2.05, 4.69) is 10.2 Å². The van der Waals surface area contributed by atoms with Crippen LogP contribution in [0, 0.1) is 20.8 Å². The summed E-state index contributed by atoms with van der Waals surface area (Å²) in [4.78, 5) is 19.8. The second kappa shape index (κ2) is 8.20. The topological polar surface area (TPSA) is 68.8 Å². The smallest absolute Gasteiger partial charge is 0.280 e. The molecule has 4 aromatic rings. The highest BCUT2D eigenvalue weighted by molar-refractivity contribution is 7.22. The summed E-state index contributed by atoms with van der Waals surface area (Å²) in [6.45, 7) is 9.61. The number of nitrogens with zero attached hydrogens (tertiary/aromatic N) is 6.